The summed E-state index contributed by atoms with van der Waals surface area (Å²) in [6.45, 7) is 0. The van der Waals surface area contributed by atoms with Gasteiger partial charge >= 0.3 is 0 Å². The van der Waals surface area contributed by atoms with Crippen LogP contribution in [0.3, 0.4) is 0 Å². The summed E-state index contributed by atoms with van der Waals surface area (Å²) in [5, 5.41) is -1.38. The molecule has 1 aromatic heterocycles. The van der Waals surface area contributed by atoms with Gasteiger partial charge in [-0.1, -0.05) is 22.9 Å². The van der Waals surface area contributed by atoms with Crippen LogP contribution < -0.4 is 0 Å². The van der Waals surface area contributed by atoms with E-state index >= 15 is 0 Å². The third-order valence-corrected chi connectivity index (χ3v) is 2.03. The van der Waals surface area contributed by atoms with Gasteiger partial charge in [0.15, 0.2) is 5.15 Å². The van der Waals surface area contributed by atoms with E-state index in [9.17, 15) is 13.2 Å². The van der Waals surface area contributed by atoms with Crippen molar-refractivity contribution in [1.82, 2.24) is 4.98 Å². The molecule has 0 saturated heterocycles. The summed E-state index contributed by atoms with van der Waals surface area (Å²) < 4.78 is 35.6. The third kappa shape index (κ3) is 1.41. The zero-order chi connectivity index (χ0) is 7.72. The van der Waals surface area contributed by atoms with E-state index in [1.165, 1.54) is 0 Å². The Labute approximate surface area is 63.5 Å². The third-order valence-electron chi connectivity index (χ3n) is 0.782. The summed E-state index contributed by atoms with van der Waals surface area (Å²) in [6.07, 6.45) is -2.74. The van der Waals surface area contributed by atoms with Gasteiger partial charge in [0.05, 0.1) is 0 Å². The molecule has 0 unspecified atom stereocenters. The summed E-state index contributed by atoms with van der Waals surface area (Å²) in [4.78, 5) is 2.45. The van der Waals surface area contributed by atoms with E-state index in [-0.39, 0.29) is 11.3 Å². The van der Waals surface area contributed by atoms with Crippen LogP contribution in [0.25, 0.3) is 0 Å². The number of hydrogen-bond acceptors (Lipinski definition) is 2. The Morgan fingerprint density at radius 1 is 1.50 bits per heavy atom. The van der Waals surface area contributed by atoms with Gasteiger partial charge in [-0.3, -0.25) is 0 Å². The van der Waals surface area contributed by atoms with Crippen LogP contribution in [0.1, 0.15) is 11.3 Å². The molecule has 1 aromatic rings. The van der Waals surface area contributed by atoms with Gasteiger partial charge < -0.3 is 0 Å². The predicted molar refractivity (Wildman–Crippen MR) is 32.0 cm³/mol. The Hall–Kier alpha value is -0.290. The Morgan fingerprint density at radius 3 is 2.30 bits per heavy atom. The predicted octanol–water partition coefficient (Wildman–Crippen LogP) is 2.87. The van der Waals surface area contributed by atoms with Crippen LogP contribution >= 0.6 is 22.9 Å². The summed E-state index contributed by atoms with van der Waals surface area (Å²) in [5.74, 6) is 0. The second-order valence-corrected chi connectivity index (χ2v) is 2.76. The van der Waals surface area contributed by atoms with Gasteiger partial charge in [-0.2, -0.15) is 9.37 Å². The second-order valence-electron chi connectivity index (χ2n) is 1.42. The normalized spacial score (nSPS) is 10.9. The summed E-state index contributed by atoms with van der Waals surface area (Å²) in [6, 6.07) is 0. The van der Waals surface area contributed by atoms with Crippen molar-refractivity contribution in [3.05, 3.63) is 15.3 Å². The molecular weight excluding hydrogens is 187 g/mol. The fourth-order valence-corrected chi connectivity index (χ4v) is 1.28. The van der Waals surface area contributed by atoms with Gasteiger partial charge in [-0.25, -0.2) is 8.78 Å². The van der Waals surface area contributed by atoms with Crippen LogP contribution in [-0.4, -0.2) is 4.98 Å². The molecule has 0 aliphatic carbocycles. The highest BCUT2D eigenvalue weighted by Crippen LogP contribution is 2.31. The van der Waals surface area contributed by atoms with E-state index in [0.717, 1.165) is 0 Å². The lowest BCUT2D eigenvalue weighted by Gasteiger charge is -1.89. The molecule has 0 aromatic carbocycles. The Kier molecular flexibility index (Phi) is 2.15. The standard InChI is InChI=1S/C4HClF3NS/c5-2-1(3(6)7)10-4(8)9-2/h3H. The first-order valence-electron chi connectivity index (χ1n) is 2.21. The molecule has 0 radical (unpaired) electrons. The maximum absolute atomic E-state index is 12.0. The fourth-order valence-electron chi connectivity index (χ4n) is 0.423. The van der Waals surface area contributed by atoms with Crippen LogP contribution in [-0.2, 0) is 0 Å². The molecule has 0 bridgehead atoms. The van der Waals surface area contributed by atoms with Crippen LogP contribution in [0.15, 0.2) is 0 Å². The SMILES string of the molecule is Fc1nc(Cl)c(C(F)F)s1. The van der Waals surface area contributed by atoms with Gasteiger partial charge in [-0.15, -0.1) is 0 Å². The lowest BCUT2D eigenvalue weighted by molar-refractivity contribution is 0.155. The monoisotopic (exact) mass is 187 g/mol. The van der Waals surface area contributed by atoms with Crippen molar-refractivity contribution in [2.45, 2.75) is 6.43 Å². The lowest BCUT2D eigenvalue weighted by Crippen LogP contribution is -1.76. The molecule has 1 nitrogen and oxygen atoms in total. The fraction of sp³-hybridized carbons (Fsp3) is 0.250. The molecule has 0 fully saturated rings. The van der Waals surface area contributed by atoms with Gasteiger partial charge in [-0.05, 0) is 0 Å². The quantitative estimate of drug-likeness (QED) is 0.659. The zero-order valence-electron chi connectivity index (χ0n) is 4.44. The summed E-state index contributed by atoms with van der Waals surface area (Å²) in [5.41, 5.74) is 0. The van der Waals surface area contributed by atoms with Crippen molar-refractivity contribution in [2.75, 3.05) is 0 Å². The molecule has 10 heavy (non-hydrogen) atoms. The van der Waals surface area contributed by atoms with Crippen LogP contribution in [0.2, 0.25) is 5.15 Å². The number of halogens is 4. The smallest absolute Gasteiger partial charge is 0.204 e. The molecule has 56 valence electrons. The molecule has 0 amide bonds. The first-order valence-corrected chi connectivity index (χ1v) is 3.40. The van der Waals surface area contributed by atoms with Crippen LogP contribution in [0.5, 0.6) is 0 Å². The molecule has 0 saturated carbocycles. The van der Waals surface area contributed by atoms with E-state index in [1.807, 2.05) is 0 Å². The van der Waals surface area contributed by atoms with Gasteiger partial charge in [0, 0.05) is 0 Å². The van der Waals surface area contributed by atoms with Gasteiger partial charge in [0.1, 0.15) is 4.88 Å². The largest absolute Gasteiger partial charge is 0.275 e. The van der Waals surface area contributed by atoms with E-state index in [0.29, 0.717) is 0 Å². The average Bonchev–Trinajstić information content (AvgIpc) is 2.10. The van der Waals surface area contributed by atoms with Crippen molar-refractivity contribution in [3.63, 3.8) is 0 Å². The average molecular weight is 188 g/mol. The molecule has 0 aliphatic rings. The number of thiazole rings is 1. The Balaban J connectivity index is 3.03. The van der Waals surface area contributed by atoms with E-state index in [1.54, 1.807) is 0 Å². The van der Waals surface area contributed by atoms with E-state index in [2.05, 4.69) is 4.98 Å². The number of nitrogens with zero attached hydrogens (tertiary/aromatic N) is 1. The molecule has 0 atom stereocenters. The lowest BCUT2D eigenvalue weighted by atomic mass is 10.6. The maximum atomic E-state index is 12.0. The molecule has 0 spiro atoms. The topological polar surface area (TPSA) is 12.9 Å². The number of hydrogen-bond donors (Lipinski definition) is 0. The van der Waals surface area contributed by atoms with Crippen molar-refractivity contribution in [1.29, 1.82) is 0 Å². The number of rotatable bonds is 1. The van der Waals surface area contributed by atoms with E-state index in [4.69, 9.17) is 11.6 Å². The minimum Gasteiger partial charge on any atom is -0.204 e. The van der Waals surface area contributed by atoms with Gasteiger partial charge in [0.25, 0.3) is 11.7 Å². The summed E-state index contributed by atoms with van der Waals surface area (Å²) in [7, 11) is 0. The number of alkyl halides is 2. The van der Waals surface area contributed by atoms with Crippen molar-refractivity contribution in [3.8, 4) is 0 Å². The molecule has 1 rings (SSSR count). The zero-order valence-corrected chi connectivity index (χ0v) is 6.02. The van der Waals surface area contributed by atoms with Crippen LogP contribution in [0, 0.1) is 5.26 Å². The van der Waals surface area contributed by atoms with Gasteiger partial charge in [0.2, 0.25) is 0 Å². The highest BCUT2D eigenvalue weighted by Gasteiger charge is 2.17. The molecule has 0 aliphatic heterocycles. The van der Waals surface area contributed by atoms with Crippen molar-refractivity contribution in [2.24, 2.45) is 0 Å². The van der Waals surface area contributed by atoms with Crippen molar-refractivity contribution < 1.29 is 13.2 Å². The molecule has 1 heterocycles. The molecular formula is C4HClF3NS. The first kappa shape index (κ1) is 7.81. The highest BCUT2D eigenvalue weighted by atomic mass is 35.5. The minimum atomic E-state index is -2.74. The minimum absolute atomic E-state index is 0.263. The molecule has 6 heteroatoms. The maximum Gasteiger partial charge on any atom is 0.275 e. The number of aromatic nitrogens is 1. The van der Waals surface area contributed by atoms with Crippen LogP contribution in [0.4, 0.5) is 13.2 Å². The summed E-state index contributed by atoms with van der Waals surface area (Å²) >= 11 is 5.38. The van der Waals surface area contributed by atoms with E-state index < -0.39 is 21.7 Å². The van der Waals surface area contributed by atoms with Crippen molar-refractivity contribution >= 4 is 22.9 Å². The highest BCUT2D eigenvalue weighted by molar-refractivity contribution is 7.10. The second kappa shape index (κ2) is 2.75. The Bertz CT molecular complexity index is 236. The Morgan fingerprint density at radius 2 is 2.10 bits per heavy atom. The molecule has 0 N–H and O–H groups in total. The first-order chi connectivity index (χ1) is 4.61.